The van der Waals surface area contributed by atoms with Gasteiger partial charge in [0, 0.05) is 12.0 Å². The summed E-state index contributed by atoms with van der Waals surface area (Å²) in [5.74, 6) is -0.639. The second-order valence-corrected chi connectivity index (χ2v) is 5.34. The summed E-state index contributed by atoms with van der Waals surface area (Å²) in [6, 6.07) is 0. The van der Waals surface area contributed by atoms with Gasteiger partial charge in [0.1, 0.15) is 6.61 Å². The van der Waals surface area contributed by atoms with Crippen molar-refractivity contribution in [3.8, 4) is 0 Å². The van der Waals surface area contributed by atoms with Crippen LogP contribution in [0.3, 0.4) is 0 Å². The van der Waals surface area contributed by atoms with Crippen LogP contribution in [0.1, 0.15) is 33.1 Å². The number of primary amides is 1. The minimum atomic E-state index is -0.625. The second-order valence-electron chi connectivity index (χ2n) is 5.34. The number of carbonyl (C=O) groups excluding carboxylic acids is 2. The maximum absolute atomic E-state index is 11.7. The smallest absolute Gasteiger partial charge is 0.246 e. The Hall–Kier alpha value is -1.14. The van der Waals surface area contributed by atoms with Crippen LogP contribution in [0.4, 0.5) is 0 Å². The normalized spacial score (nSPS) is 17.4. The molecule has 18 heavy (non-hydrogen) atoms. The van der Waals surface area contributed by atoms with Gasteiger partial charge in [-0.1, -0.05) is 0 Å². The average molecular weight is 257 g/mol. The molecule has 1 rings (SSSR count). The summed E-state index contributed by atoms with van der Waals surface area (Å²) >= 11 is 0. The van der Waals surface area contributed by atoms with E-state index in [1.165, 1.54) is 0 Å². The van der Waals surface area contributed by atoms with Gasteiger partial charge in [0.2, 0.25) is 11.8 Å². The standard InChI is InChI=1S/C12H23N3O3/c1-12(2,7-10(13)16)15-11(17)8-18-9-3-5-14-6-4-9/h9,14H,3-8H2,1-2H3,(H2,13,16)(H,15,17). The molecule has 0 aromatic rings. The van der Waals surface area contributed by atoms with Crippen molar-refractivity contribution in [1.29, 1.82) is 0 Å². The van der Waals surface area contributed by atoms with Crippen molar-refractivity contribution in [3.05, 3.63) is 0 Å². The van der Waals surface area contributed by atoms with Gasteiger partial charge < -0.3 is 21.1 Å². The molecule has 0 aromatic carbocycles. The number of nitrogens with one attached hydrogen (secondary N) is 2. The molecule has 0 aromatic heterocycles. The zero-order chi connectivity index (χ0) is 13.6. The Morgan fingerprint density at radius 1 is 1.39 bits per heavy atom. The summed E-state index contributed by atoms with van der Waals surface area (Å²) < 4.78 is 5.53. The fourth-order valence-electron chi connectivity index (χ4n) is 2.05. The van der Waals surface area contributed by atoms with E-state index in [9.17, 15) is 9.59 Å². The van der Waals surface area contributed by atoms with Gasteiger partial charge in [-0.2, -0.15) is 0 Å². The van der Waals surface area contributed by atoms with Crippen LogP contribution in [-0.4, -0.2) is 43.2 Å². The Morgan fingerprint density at radius 2 is 2.00 bits per heavy atom. The van der Waals surface area contributed by atoms with Crippen molar-refractivity contribution < 1.29 is 14.3 Å². The average Bonchev–Trinajstić information content (AvgIpc) is 2.25. The third-order valence-electron chi connectivity index (χ3n) is 2.83. The van der Waals surface area contributed by atoms with E-state index in [1.807, 2.05) is 0 Å². The van der Waals surface area contributed by atoms with Crippen LogP contribution in [-0.2, 0) is 14.3 Å². The first kappa shape index (κ1) is 14.9. The van der Waals surface area contributed by atoms with Crippen molar-refractivity contribution in [3.63, 3.8) is 0 Å². The van der Waals surface area contributed by atoms with Crippen LogP contribution < -0.4 is 16.4 Å². The van der Waals surface area contributed by atoms with Crippen LogP contribution in [0, 0.1) is 0 Å². The Bertz CT molecular complexity index is 299. The molecule has 0 radical (unpaired) electrons. The largest absolute Gasteiger partial charge is 0.370 e. The minimum Gasteiger partial charge on any atom is -0.370 e. The van der Waals surface area contributed by atoms with Crippen molar-refractivity contribution in [2.45, 2.75) is 44.8 Å². The lowest BCUT2D eigenvalue weighted by Crippen LogP contribution is -2.48. The number of amides is 2. The molecule has 1 heterocycles. The monoisotopic (exact) mass is 257 g/mol. The Balaban J connectivity index is 2.25. The summed E-state index contributed by atoms with van der Waals surface area (Å²) in [6.07, 6.45) is 2.12. The lowest BCUT2D eigenvalue weighted by molar-refractivity contribution is -0.130. The van der Waals surface area contributed by atoms with E-state index in [0.717, 1.165) is 25.9 Å². The summed E-state index contributed by atoms with van der Waals surface area (Å²) in [5.41, 5.74) is 4.49. The lowest BCUT2D eigenvalue weighted by atomic mass is 10.0. The number of ether oxygens (including phenoxy) is 1. The molecule has 1 saturated heterocycles. The molecule has 6 heteroatoms. The van der Waals surface area contributed by atoms with Gasteiger partial charge in [-0.25, -0.2) is 0 Å². The van der Waals surface area contributed by atoms with E-state index >= 15 is 0 Å². The zero-order valence-electron chi connectivity index (χ0n) is 11.1. The third kappa shape index (κ3) is 5.97. The van der Waals surface area contributed by atoms with E-state index in [0.29, 0.717) is 0 Å². The zero-order valence-corrected chi connectivity index (χ0v) is 11.1. The molecule has 1 fully saturated rings. The molecule has 0 aliphatic carbocycles. The molecule has 4 N–H and O–H groups in total. The first-order chi connectivity index (χ1) is 8.39. The molecule has 0 atom stereocenters. The number of nitrogens with two attached hydrogens (primary N) is 1. The molecule has 1 aliphatic rings. The number of hydrogen-bond donors (Lipinski definition) is 3. The SMILES string of the molecule is CC(C)(CC(N)=O)NC(=O)COC1CCNCC1. The van der Waals surface area contributed by atoms with Crippen molar-refractivity contribution in [1.82, 2.24) is 10.6 Å². The van der Waals surface area contributed by atoms with E-state index in [4.69, 9.17) is 10.5 Å². The van der Waals surface area contributed by atoms with E-state index in [2.05, 4.69) is 10.6 Å². The molecule has 0 bridgehead atoms. The predicted molar refractivity (Wildman–Crippen MR) is 67.9 cm³/mol. The van der Waals surface area contributed by atoms with Crippen LogP contribution in [0.15, 0.2) is 0 Å². The fraction of sp³-hybridized carbons (Fsp3) is 0.833. The van der Waals surface area contributed by atoms with Gasteiger partial charge in [-0.05, 0) is 39.8 Å². The van der Waals surface area contributed by atoms with Crippen LogP contribution in [0.25, 0.3) is 0 Å². The van der Waals surface area contributed by atoms with Gasteiger partial charge in [0.25, 0.3) is 0 Å². The maximum Gasteiger partial charge on any atom is 0.246 e. The van der Waals surface area contributed by atoms with Crippen molar-refractivity contribution in [2.75, 3.05) is 19.7 Å². The molecular weight excluding hydrogens is 234 g/mol. The number of piperidine rings is 1. The highest BCUT2D eigenvalue weighted by Gasteiger charge is 2.23. The highest BCUT2D eigenvalue weighted by atomic mass is 16.5. The first-order valence-electron chi connectivity index (χ1n) is 6.31. The predicted octanol–water partition coefficient (Wildman–Crippen LogP) is -0.475. The van der Waals surface area contributed by atoms with Gasteiger partial charge in [0.15, 0.2) is 0 Å². The maximum atomic E-state index is 11.7. The Kier molecular flexibility index (Phi) is 5.55. The van der Waals surface area contributed by atoms with Crippen molar-refractivity contribution >= 4 is 11.8 Å². The lowest BCUT2D eigenvalue weighted by Gasteiger charge is -2.26. The molecule has 2 amide bonds. The molecule has 0 unspecified atom stereocenters. The highest BCUT2D eigenvalue weighted by Crippen LogP contribution is 2.09. The molecule has 104 valence electrons. The second kappa shape index (κ2) is 6.70. The van der Waals surface area contributed by atoms with E-state index < -0.39 is 11.4 Å². The Labute approximate surface area is 108 Å². The van der Waals surface area contributed by atoms with Crippen LogP contribution in [0.2, 0.25) is 0 Å². The fourth-order valence-corrected chi connectivity index (χ4v) is 2.05. The van der Waals surface area contributed by atoms with E-state index in [1.54, 1.807) is 13.8 Å². The van der Waals surface area contributed by atoms with Gasteiger partial charge in [0.05, 0.1) is 6.10 Å². The van der Waals surface area contributed by atoms with Gasteiger partial charge >= 0.3 is 0 Å². The highest BCUT2D eigenvalue weighted by molar-refractivity contribution is 5.80. The summed E-state index contributed by atoms with van der Waals surface area (Å²) in [6.45, 7) is 5.42. The molecular formula is C12H23N3O3. The molecule has 1 aliphatic heterocycles. The third-order valence-corrected chi connectivity index (χ3v) is 2.83. The molecule has 0 saturated carbocycles. The Morgan fingerprint density at radius 3 is 2.56 bits per heavy atom. The van der Waals surface area contributed by atoms with E-state index in [-0.39, 0.29) is 25.0 Å². The molecule has 0 spiro atoms. The molecule has 6 nitrogen and oxygen atoms in total. The quantitative estimate of drug-likeness (QED) is 0.599. The number of carbonyl (C=O) groups is 2. The van der Waals surface area contributed by atoms with Gasteiger partial charge in [-0.15, -0.1) is 0 Å². The first-order valence-corrected chi connectivity index (χ1v) is 6.31. The van der Waals surface area contributed by atoms with Crippen LogP contribution in [0.5, 0.6) is 0 Å². The van der Waals surface area contributed by atoms with Gasteiger partial charge in [-0.3, -0.25) is 9.59 Å². The minimum absolute atomic E-state index is 0.0346. The number of hydrogen-bond acceptors (Lipinski definition) is 4. The van der Waals surface area contributed by atoms with Crippen LogP contribution >= 0.6 is 0 Å². The summed E-state index contributed by atoms with van der Waals surface area (Å²) in [5, 5.41) is 5.98. The topological polar surface area (TPSA) is 93.5 Å². The summed E-state index contributed by atoms with van der Waals surface area (Å²) in [7, 11) is 0. The summed E-state index contributed by atoms with van der Waals surface area (Å²) in [4.78, 5) is 22.5. The van der Waals surface area contributed by atoms with Crippen molar-refractivity contribution in [2.24, 2.45) is 5.73 Å². The number of rotatable bonds is 6.